The summed E-state index contributed by atoms with van der Waals surface area (Å²) in [5, 5.41) is 0. The van der Waals surface area contributed by atoms with Gasteiger partial charge in [-0.05, 0) is 68.7 Å². The van der Waals surface area contributed by atoms with Crippen molar-refractivity contribution < 1.29 is 28.5 Å². The fourth-order valence-corrected chi connectivity index (χ4v) is 4.12. The highest BCUT2D eigenvalue weighted by Gasteiger charge is 2.36. The molecule has 0 spiro atoms. The van der Waals surface area contributed by atoms with Crippen LogP contribution in [-0.4, -0.2) is 31.9 Å². The zero-order valence-electron chi connectivity index (χ0n) is 19.2. The molecule has 0 bridgehead atoms. The molecule has 2 aromatic carbocycles. The largest absolute Gasteiger partial charge is 0.463 e. The Morgan fingerprint density at radius 1 is 0.879 bits per heavy atom. The van der Waals surface area contributed by atoms with Gasteiger partial charge in [-0.3, -0.25) is 0 Å². The maximum absolute atomic E-state index is 13.1. The van der Waals surface area contributed by atoms with Gasteiger partial charge in [-0.15, -0.1) is 0 Å². The Morgan fingerprint density at radius 2 is 1.45 bits per heavy atom. The Morgan fingerprint density at radius 3 is 2.03 bits per heavy atom. The van der Waals surface area contributed by atoms with Crippen LogP contribution in [0.3, 0.4) is 0 Å². The smallest absolute Gasteiger partial charge is 0.336 e. The van der Waals surface area contributed by atoms with Gasteiger partial charge in [0.1, 0.15) is 0 Å². The summed E-state index contributed by atoms with van der Waals surface area (Å²) in [6.45, 7) is 8.06. The van der Waals surface area contributed by atoms with Gasteiger partial charge in [-0.2, -0.15) is 0 Å². The molecule has 2 aliphatic rings. The van der Waals surface area contributed by atoms with E-state index >= 15 is 0 Å². The Labute approximate surface area is 193 Å². The molecule has 2 aliphatic heterocycles. The number of ether oxygens (including phenoxy) is 4. The second-order valence-electron chi connectivity index (χ2n) is 7.91. The number of esters is 2. The lowest BCUT2D eigenvalue weighted by Gasteiger charge is -2.30. The van der Waals surface area contributed by atoms with Crippen LogP contribution in [-0.2, 0) is 19.1 Å². The van der Waals surface area contributed by atoms with Crippen molar-refractivity contribution >= 4 is 17.6 Å². The van der Waals surface area contributed by atoms with Crippen molar-refractivity contribution in [1.82, 2.24) is 0 Å². The van der Waals surface area contributed by atoms with E-state index in [1.54, 1.807) is 43.3 Å². The van der Waals surface area contributed by atoms with Crippen LogP contribution < -0.4 is 14.4 Å². The van der Waals surface area contributed by atoms with E-state index in [4.69, 9.17) is 18.9 Å². The molecule has 0 radical (unpaired) electrons. The van der Waals surface area contributed by atoms with Crippen molar-refractivity contribution in [3.8, 4) is 11.5 Å². The number of hydrogen-bond acceptors (Lipinski definition) is 7. The Kier molecular flexibility index (Phi) is 6.40. The number of carbonyl (C=O) groups is 2. The van der Waals surface area contributed by atoms with Gasteiger partial charge in [0.05, 0.1) is 30.3 Å². The van der Waals surface area contributed by atoms with Gasteiger partial charge in [0.2, 0.25) is 6.79 Å². The summed E-state index contributed by atoms with van der Waals surface area (Å²) in [5.74, 6) is -0.487. The number of aryl methyl sites for hydroxylation is 2. The first-order valence-electron chi connectivity index (χ1n) is 10.9. The topological polar surface area (TPSA) is 74.3 Å². The van der Waals surface area contributed by atoms with Crippen LogP contribution in [0.1, 0.15) is 36.5 Å². The molecule has 0 fully saturated rings. The Hall–Kier alpha value is -3.74. The third-order valence-electron chi connectivity index (χ3n) is 5.44. The standard InChI is InChI=1S/C26H27NO6/c1-5-30-25(28)20-13-27(19-10-16(3)9-17(4)11-19)14-21(26(29)31-6-2)24(20)18-7-8-22-23(12-18)33-15-32-22/h7-14,24H,5-6,15H2,1-4H3. The highest BCUT2D eigenvalue weighted by molar-refractivity contribution is 6.00. The maximum Gasteiger partial charge on any atom is 0.336 e. The van der Waals surface area contributed by atoms with Gasteiger partial charge in [-0.25, -0.2) is 9.59 Å². The summed E-state index contributed by atoms with van der Waals surface area (Å²) >= 11 is 0. The second kappa shape index (κ2) is 9.40. The first-order chi connectivity index (χ1) is 15.9. The summed E-state index contributed by atoms with van der Waals surface area (Å²) < 4.78 is 21.7. The van der Waals surface area contributed by atoms with E-state index in [1.807, 2.05) is 32.0 Å². The highest BCUT2D eigenvalue weighted by Crippen LogP contribution is 2.42. The molecule has 7 heteroatoms. The number of rotatable bonds is 6. The number of anilines is 1. The molecule has 2 aromatic rings. The monoisotopic (exact) mass is 449 g/mol. The van der Waals surface area contributed by atoms with Gasteiger partial charge in [0.15, 0.2) is 11.5 Å². The maximum atomic E-state index is 13.1. The molecule has 0 saturated heterocycles. The minimum Gasteiger partial charge on any atom is -0.463 e. The van der Waals surface area contributed by atoms with E-state index in [-0.39, 0.29) is 20.0 Å². The highest BCUT2D eigenvalue weighted by atomic mass is 16.7. The average Bonchev–Trinajstić information content (AvgIpc) is 3.26. The lowest BCUT2D eigenvalue weighted by atomic mass is 9.83. The van der Waals surface area contributed by atoms with Gasteiger partial charge < -0.3 is 23.8 Å². The van der Waals surface area contributed by atoms with Crippen LogP contribution in [0.2, 0.25) is 0 Å². The lowest BCUT2D eigenvalue weighted by Crippen LogP contribution is -2.29. The summed E-state index contributed by atoms with van der Waals surface area (Å²) in [4.78, 5) is 28.0. The minimum absolute atomic E-state index is 0.130. The molecule has 0 N–H and O–H groups in total. The predicted molar refractivity (Wildman–Crippen MR) is 123 cm³/mol. The van der Waals surface area contributed by atoms with E-state index in [0.29, 0.717) is 28.2 Å². The van der Waals surface area contributed by atoms with Crippen molar-refractivity contribution in [3.63, 3.8) is 0 Å². The van der Waals surface area contributed by atoms with Crippen LogP contribution in [0.5, 0.6) is 11.5 Å². The number of nitrogens with zero attached hydrogens (tertiary/aromatic N) is 1. The van der Waals surface area contributed by atoms with Crippen LogP contribution in [0, 0.1) is 13.8 Å². The molecule has 2 heterocycles. The van der Waals surface area contributed by atoms with Crippen molar-refractivity contribution in [3.05, 3.63) is 76.6 Å². The molecule has 0 aliphatic carbocycles. The van der Waals surface area contributed by atoms with Crippen LogP contribution >= 0.6 is 0 Å². The molecule has 0 amide bonds. The van der Waals surface area contributed by atoms with Gasteiger partial charge in [-0.1, -0.05) is 12.1 Å². The lowest BCUT2D eigenvalue weighted by molar-refractivity contribution is -0.139. The number of carbonyl (C=O) groups excluding carboxylic acids is 2. The number of benzene rings is 2. The van der Waals surface area contributed by atoms with E-state index < -0.39 is 17.9 Å². The number of hydrogen-bond donors (Lipinski definition) is 0. The zero-order valence-corrected chi connectivity index (χ0v) is 19.2. The third-order valence-corrected chi connectivity index (χ3v) is 5.44. The van der Waals surface area contributed by atoms with Crippen molar-refractivity contribution in [2.24, 2.45) is 0 Å². The predicted octanol–water partition coefficient (Wildman–Crippen LogP) is 4.53. The van der Waals surface area contributed by atoms with Gasteiger partial charge in [0.25, 0.3) is 0 Å². The molecular weight excluding hydrogens is 422 g/mol. The minimum atomic E-state index is -0.681. The number of fused-ring (bicyclic) bond motifs is 1. The molecule has 33 heavy (non-hydrogen) atoms. The molecule has 0 aromatic heterocycles. The second-order valence-corrected chi connectivity index (χ2v) is 7.91. The van der Waals surface area contributed by atoms with Crippen LogP contribution in [0.25, 0.3) is 0 Å². The molecule has 172 valence electrons. The van der Waals surface area contributed by atoms with Crippen molar-refractivity contribution in [2.45, 2.75) is 33.6 Å². The van der Waals surface area contributed by atoms with E-state index in [9.17, 15) is 9.59 Å². The van der Waals surface area contributed by atoms with Crippen molar-refractivity contribution in [1.29, 1.82) is 0 Å². The Balaban J connectivity index is 1.87. The van der Waals surface area contributed by atoms with Crippen LogP contribution in [0.15, 0.2) is 59.9 Å². The normalized spacial score (nSPS) is 15.1. The van der Waals surface area contributed by atoms with Gasteiger partial charge in [0, 0.05) is 18.1 Å². The summed E-state index contributed by atoms with van der Waals surface area (Å²) in [5.41, 5.74) is 4.35. The molecule has 0 saturated carbocycles. The molecule has 4 rings (SSSR count). The molecular formula is C26H27NO6. The zero-order chi connectivity index (χ0) is 23.5. The summed E-state index contributed by atoms with van der Waals surface area (Å²) in [6, 6.07) is 11.4. The van der Waals surface area contributed by atoms with E-state index in [1.165, 1.54) is 0 Å². The fraction of sp³-hybridized carbons (Fsp3) is 0.308. The first kappa shape index (κ1) is 22.5. The molecule has 7 nitrogen and oxygen atoms in total. The van der Waals surface area contributed by atoms with Crippen molar-refractivity contribution in [2.75, 3.05) is 24.9 Å². The van der Waals surface area contributed by atoms with Gasteiger partial charge >= 0.3 is 11.9 Å². The fourth-order valence-electron chi connectivity index (χ4n) is 4.12. The average molecular weight is 450 g/mol. The molecule has 0 unspecified atom stereocenters. The molecule has 0 atom stereocenters. The van der Waals surface area contributed by atoms with E-state index in [0.717, 1.165) is 16.8 Å². The summed E-state index contributed by atoms with van der Waals surface area (Å²) in [7, 11) is 0. The first-order valence-corrected chi connectivity index (χ1v) is 10.9. The third kappa shape index (κ3) is 4.58. The summed E-state index contributed by atoms with van der Waals surface area (Å²) in [6.07, 6.45) is 3.45. The Bertz CT molecular complexity index is 1090. The van der Waals surface area contributed by atoms with Crippen LogP contribution in [0.4, 0.5) is 5.69 Å². The quantitative estimate of drug-likeness (QED) is 0.600. The SMILES string of the molecule is CCOC(=O)C1=CN(c2cc(C)cc(C)c2)C=C(C(=O)OCC)C1c1ccc2c(c1)OCO2. The van der Waals surface area contributed by atoms with E-state index in [2.05, 4.69) is 6.07 Å².